The van der Waals surface area contributed by atoms with Crippen molar-refractivity contribution in [3.05, 3.63) is 29.3 Å². The van der Waals surface area contributed by atoms with Crippen LogP contribution in [0.3, 0.4) is 0 Å². The monoisotopic (exact) mass is 223 g/mol. The molecular formula is C13H21NO2. The van der Waals surface area contributed by atoms with Gasteiger partial charge in [0, 0.05) is 19.2 Å². The zero-order valence-electron chi connectivity index (χ0n) is 10.4. The SMILES string of the molecule is CCCNCc1cc(C)ccc1OCOC. The van der Waals surface area contributed by atoms with Crippen molar-refractivity contribution in [2.75, 3.05) is 20.4 Å². The number of hydrogen-bond acceptors (Lipinski definition) is 3. The van der Waals surface area contributed by atoms with Gasteiger partial charge in [-0.25, -0.2) is 0 Å². The van der Waals surface area contributed by atoms with Crippen molar-refractivity contribution in [1.82, 2.24) is 5.32 Å². The number of benzene rings is 1. The molecule has 0 radical (unpaired) electrons. The van der Waals surface area contributed by atoms with Gasteiger partial charge in [-0.05, 0) is 26.0 Å². The summed E-state index contributed by atoms with van der Waals surface area (Å²) in [6.45, 7) is 6.41. The molecule has 0 saturated heterocycles. The van der Waals surface area contributed by atoms with Gasteiger partial charge in [-0.3, -0.25) is 0 Å². The van der Waals surface area contributed by atoms with Gasteiger partial charge in [0.1, 0.15) is 5.75 Å². The van der Waals surface area contributed by atoms with E-state index in [1.807, 2.05) is 12.1 Å². The molecule has 0 spiro atoms. The largest absolute Gasteiger partial charge is 0.467 e. The van der Waals surface area contributed by atoms with Crippen LogP contribution in [0.1, 0.15) is 24.5 Å². The minimum absolute atomic E-state index is 0.295. The van der Waals surface area contributed by atoms with Gasteiger partial charge < -0.3 is 14.8 Å². The standard InChI is InChI=1S/C13H21NO2/c1-4-7-14-9-12-8-11(2)5-6-13(12)16-10-15-3/h5-6,8,14H,4,7,9-10H2,1-3H3. The van der Waals surface area contributed by atoms with E-state index in [9.17, 15) is 0 Å². The van der Waals surface area contributed by atoms with Crippen molar-refractivity contribution >= 4 is 0 Å². The Labute approximate surface area is 97.8 Å². The first-order valence-corrected chi connectivity index (χ1v) is 5.70. The Hall–Kier alpha value is -1.06. The van der Waals surface area contributed by atoms with Gasteiger partial charge in [0.25, 0.3) is 0 Å². The Bertz CT molecular complexity index is 313. The molecule has 16 heavy (non-hydrogen) atoms. The smallest absolute Gasteiger partial charge is 0.188 e. The molecule has 3 nitrogen and oxygen atoms in total. The van der Waals surface area contributed by atoms with E-state index in [1.165, 1.54) is 11.1 Å². The summed E-state index contributed by atoms with van der Waals surface area (Å²) in [6, 6.07) is 6.19. The highest BCUT2D eigenvalue weighted by molar-refractivity contribution is 5.36. The molecule has 0 aliphatic carbocycles. The number of methoxy groups -OCH3 is 1. The predicted octanol–water partition coefficient (Wildman–Crippen LogP) is 2.48. The van der Waals surface area contributed by atoms with Crippen molar-refractivity contribution < 1.29 is 9.47 Å². The van der Waals surface area contributed by atoms with Crippen molar-refractivity contribution in [3.8, 4) is 5.75 Å². The molecule has 0 saturated carbocycles. The molecule has 0 aliphatic rings. The highest BCUT2D eigenvalue weighted by Gasteiger charge is 2.03. The van der Waals surface area contributed by atoms with Crippen LogP contribution in [0.15, 0.2) is 18.2 Å². The lowest BCUT2D eigenvalue weighted by molar-refractivity contribution is 0.0503. The zero-order valence-corrected chi connectivity index (χ0v) is 10.4. The van der Waals surface area contributed by atoms with E-state index in [0.29, 0.717) is 6.79 Å². The molecule has 1 N–H and O–H groups in total. The third-order valence-electron chi connectivity index (χ3n) is 2.29. The average molecular weight is 223 g/mol. The second kappa shape index (κ2) is 7.25. The molecule has 0 aliphatic heterocycles. The molecule has 1 aromatic carbocycles. The molecule has 0 amide bonds. The summed E-state index contributed by atoms with van der Waals surface area (Å²) >= 11 is 0. The molecule has 0 bridgehead atoms. The van der Waals surface area contributed by atoms with E-state index in [1.54, 1.807) is 7.11 Å². The van der Waals surface area contributed by atoms with E-state index in [4.69, 9.17) is 9.47 Å². The maximum atomic E-state index is 5.51. The quantitative estimate of drug-likeness (QED) is 0.569. The van der Waals surface area contributed by atoms with E-state index < -0.39 is 0 Å². The summed E-state index contributed by atoms with van der Waals surface area (Å²) in [5.41, 5.74) is 2.43. The van der Waals surface area contributed by atoms with Gasteiger partial charge in [0.05, 0.1) is 0 Å². The topological polar surface area (TPSA) is 30.5 Å². The normalized spacial score (nSPS) is 10.4. The molecule has 1 aromatic rings. The lowest BCUT2D eigenvalue weighted by Crippen LogP contribution is -2.15. The van der Waals surface area contributed by atoms with Crippen molar-refractivity contribution in [2.45, 2.75) is 26.8 Å². The second-order valence-electron chi connectivity index (χ2n) is 3.84. The number of rotatable bonds is 7. The van der Waals surface area contributed by atoms with Crippen LogP contribution >= 0.6 is 0 Å². The van der Waals surface area contributed by atoms with Crippen molar-refractivity contribution in [2.24, 2.45) is 0 Å². The lowest BCUT2D eigenvalue weighted by Gasteiger charge is -2.12. The van der Waals surface area contributed by atoms with Crippen LogP contribution in [-0.4, -0.2) is 20.4 Å². The minimum Gasteiger partial charge on any atom is -0.467 e. The Morgan fingerprint density at radius 2 is 2.12 bits per heavy atom. The Balaban J connectivity index is 2.65. The average Bonchev–Trinajstić information content (AvgIpc) is 2.28. The predicted molar refractivity (Wildman–Crippen MR) is 65.7 cm³/mol. The van der Waals surface area contributed by atoms with Gasteiger partial charge in [-0.1, -0.05) is 24.6 Å². The van der Waals surface area contributed by atoms with Crippen LogP contribution in [0.5, 0.6) is 5.75 Å². The molecule has 0 heterocycles. The Morgan fingerprint density at radius 1 is 1.31 bits per heavy atom. The fraction of sp³-hybridized carbons (Fsp3) is 0.538. The van der Waals surface area contributed by atoms with Crippen LogP contribution in [0.2, 0.25) is 0 Å². The summed E-state index contributed by atoms with van der Waals surface area (Å²) in [4.78, 5) is 0. The number of nitrogens with one attached hydrogen (secondary N) is 1. The highest BCUT2D eigenvalue weighted by atomic mass is 16.7. The lowest BCUT2D eigenvalue weighted by atomic mass is 10.1. The summed E-state index contributed by atoms with van der Waals surface area (Å²) in [5.74, 6) is 0.899. The molecular weight excluding hydrogens is 202 g/mol. The third-order valence-corrected chi connectivity index (χ3v) is 2.29. The van der Waals surface area contributed by atoms with Gasteiger partial charge in [-0.2, -0.15) is 0 Å². The molecule has 0 atom stereocenters. The first-order valence-electron chi connectivity index (χ1n) is 5.70. The molecule has 0 unspecified atom stereocenters. The Morgan fingerprint density at radius 3 is 2.81 bits per heavy atom. The number of hydrogen-bond donors (Lipinski definition) is 1. The highest BCUT2D eigenvalue weighted by Crippen LogP contribution is 2.19. The molecule has 0 aromatic heterocycles. The van der Waals surface area contributed by atoms with Crippen molar-refractivity contribution in [3.63, 3.8) is 0 Å². The number of aryl methyl sites for hydroxylation is 1. The summed E-state index contributed by atoms with van der Waals surface area (Å²) in [7, 11) is 1.63. The summed E-state index contributed by atoms with van der Waals surface area (Å²) in [6.07, 6.45) is 1.14. The Kier molecular flexibility index (Phi) is 5.90. The first-order chi connectivity index (χ1) is 7.77. The maximum Gasteiger partial charge on any atom is 0.188 e. The zero-order chi connectivity index (χ0) is 11.8. The maximum absolute atomic E-state index is 5.51. The second-order valence-corrected chi connectivity index (χ2v) is 3.84. The fourth-order valence-electron chi connectivity index (χ4n) is 1.51. The summed E-state index contributed by atoms with van der Waals surface area (Å²) in [5, 5.41) is 3.37. The van der Waals surface area contributed by atoms with Crippen LogP contribution in [-0.2, 0) is 11.3 Å². The minimum atomic E-state index is 0.295. The van der Waals surface area contributed by atoms with Crippen LogP contribution < -0.4 is 10.1 Å². The first kappa shape index (κ1) is 13.0. The summed E-state index contributed by atoms with van der Waals surface area (Å²) < 4.78 is 10.4. The third kappa shape index (κ3) is 4.21. The van der Waals surface area contributed by atoms with Gasteiger partial charge in [0.15, 0.2) is 6.79 Å². The van der Waals surface area contributed by atoms with E-state index >= 15 is 0 Å². The van der Waals surface area contributed by atoms with Crippen molar-refractivity contribution in [1.29, 1.82) is 0 Å². The molecule has 3 heteroatoms. The fourth-order valence-corrected chi connectivity index (χ4v) is 1.51. The van der Waals surface area contributed by atoms with E-state index in [-0.39, 0.29) is 0 Å². The van der Waals surface area contributed by atoms with Crippen LogP contribution in [0.25, 0.3) is 0 Å². The van der Waals surface area contributed by atoms with Crippen LogP contribution in [0.4, 0.5) is 0 Å². The molecule has 1 rings (SSSR count). The van der Waals surface area contributed by atoms with E-state index in [0.717, 1.165) is 25.3 Å². The number of ether oxygens (including phenoxy) is 2. The van der Waals surface area contributed by atoms with Gasteiger partial charge in [-0.15, -0.1) is 0 Å². The van der Waals surface area contributed by atoms with Gasteiger partial charge in [0.2, 0.25) is 0 Å². The molecule has 0 fully saturated rings. The van der Waals surface area contributed by atoms with Gasteiger partial charge >= 0.3 is 0 Å². The molecule has 90 valence electrons. The van der Waals surface area contributed by atoms with Crippen LogP contribution in [0, 0.1) is 6.92 Å². The van der Waals surface area contributed by atoms with E-state index in [2.05, 4.69) is 25.2 Å².